The Morgan fingerprint density at radius 3 is 2.32 bits per heavy atom. The van der Waals surface area contributed by atoms with E-state index in [0.29, 0.717) is 18.7 Å². The van der Waals surface area contributed by atoms with E-state index in [1.54, 1.807) is 11.1 Å². The van der Waals surface area contributed by atoms with E-state index in [2.05, 4.69) is 41.2 Å². The SMILES string of the molecule is Cc1ccc(-c2ccc(C(=O)N3Cc4cnc(N)nc4C3)cc2)cc1. The maximum Gasteiger partial charge on any atom is 0.254 e. The fourth-order valence-corrected chi connectivity index (χ4v) is 3.05. The number of fused-ring (bicyclic) bond motifs is 1. The number of hydrogen-bond donors (Lipinski definition) is 1. The van der Waals surface area contributed by atoms with Crippen molar-refractivity contribution in [3.63, 3.8) is 0 Å². The van der Waals surface area contributed by atoms with Crippen LogP contribution in [0.2, 0.25) is 0 Å². The Morgan fingerprint density at radius 1 is 1.00 bits per heavy atom. The van der Waals surface area contributed by atoms with E-state index in [0.717, 1.165) is 22.4 Å². The van der Waals surface area contributed by atoms with Gasteiger partial charge in [0, 0.05) is 23.9 Å². The van der Waals surface area contributed by atoms with Crippen molar-refractivity contribution < 1.29 is 4.79 Å². The number of rotatable bonds is 2. The number of nitrogens with zero attached hydrogens (tertiary/aromatic N) is 3. The minimum atomic E-state index is -0.00738. The molecular formula is C20H18N4O. The number of aromatic nitrogens is 2. The van der Waals surface area contributed by atoms with Crippen LogP contribution in [0.15, 0.2) is 54.7 Å². The first-order valence-electron chi connectivity index (χ1n) is 8.17. The minimum absolute atomic E-state index is 0.00738. The Labute approximate surface area is 146 Å². The summed E-state index contributed by atoms with van der Waals surface area (Å²) >= 11 is 0. The van der Waals surface area contributed by atoms with Gasteiger partial charge in [-0.2, -0.15) is 0 Å². The third kappa shape index (κ3) is 2.96. The molecule has 0 aliphatic carbocycles. The third-order valence-electron chi connectivity index (χ3n) is 4.48. The highest BCUT2D eigenvalue weighted by Gasteiger charge is 2.25. The highest BCUT2D eigenvalue weighted by molar-refractivity contribution is 5.95. The number of carbonyl (C=O) groups is 1. The summed E-state index contributed by atoms with van der Waals surface area (Å²) in [6, 6.07) is 16.1. The Bertz CT molecular complexity index is 933. The molecule has 0 saturated carbocycles. The van der Waals surface area contributed by atoms with Gasteiger partial charge in [-0.05, 0) is 30.2 Å². The molecule has 5 heteroatoms. The summed E-state index contributed by atoms with van der Waals surface area (Å²) in [6.07, 6.45) is 1.70. The predicted molar refractivity (Wildman–Crippen MR) is 96.6 cm³/mol. The number of carbonyl (C=O) groups excluding carboxylic acids is 1. The molecule has 1 amide bonds. The van der Waals surface area contributed by atoms with E-state index in [1.807, 2.05) is 24.3 Å². The molecule has 1 aliphatic heterocycles. The van der Waals surface area contributed by atoms with Gasteiger partial charge >= 0.3 is 0 Å². The molecule has 0 spiro atoms. The Morgan fingerprint density at radius 2 is 1.64 bits per heavy atom. The van der Waals surface area contributed by atoms with Crippen molar-refractivity contribution in [3.8, 4) is 11.1 Å². The maximum absolute atomic E-state index is 12.7. The second-order valence-corrected chi connectivity index (χ2v) is 6.30. The lowest BCUT2D eigenvalue weighted by Crippen LogP contribution is -2.25. The van der Waals surface area contributed by atoms with E-state index in [-0.39, 0.29) is 11.9 Å². The lowest BCUT2D eigenvalue weighted by molar-refractivity contribution is 0.0750. The highest BCUT2D eigenvalue weighted by Crippen LogP contribution is 2.24. The van der Waals surface area contributed by atoms with Gasteiger partial charge in [0.05, 0.1) is 12.2 Å². The van der Waals surface area contributed by atoms with E-state index >= 15 is 0 Å². The lowest BCUT2D eigenvalue weighted by Gasteiger charge is -2.15. The van der Waals surface area contributed by atoms with Crippen molar-refractivity contribution in [2.45, 2.75) is 20.0 Å². The van der Waals surface area contributed by atoms with Gasteiger partial charge in [0.25, 0.3) is 5.91 Å². The number of aryl methyl sites for hydroxylation is 1. The molecule has 3 aromatic rings. The van der Waals surface area contributed by atoms with E-state index in [4.69, 9.17) is 5.73 Å². The fourth-order valence-electron chi connectivity index (χ4n) is 3.05. The number of amides is 1. The number of hydrogen-bond acceptors (Lipinski definition) is 4. The second-order valence-electron chi connectivity index (χ2n) is 6.30. The van der Waals surface area contributed by atoms with Gasteiger partial charge < -0.3 is 10.6 Å². The lowest BCUT2D eigenvalue weighted by atomic mass is 10.0. The summed E-state index contributed by atoms with van der Waals surface area (Å²) < 4.78 is 0. The van der Waals surface area contributed by atoms with Crippen molar-refractivity contribution in [3.05, 3.63) is 77.1 Å². The van der Waals surface area contributed by atoms with Gasteiger partial charge in [-0.25, -0.2) is 9.97 Å². The number of benzene rings is 2. The Balaban J connectivity index is 1.53. The van der Waals surface area contributed by atoms with Crippen LogP contribution in [0, 0.1) is 6.92 Å². The van der Waals surface area contributed by atoms with Crippen LogP contribution in [0.1, 0.15) is 27.2 Å². The zero-order valence-corrected chi connectivity index (χ0v) is 13.9. The van der Waals surface area contributed by atoms with Gasteiger partial charge in [-0.3, -0.25) is 4.79 Å². The molecule has 2 aromatic carbocycles. The summed E-state index contributed by atoms with van der Waals surface area (Å²) in [5.41, 5.74) is 11.5. The first-order chi connectivity index (χ1) is 12.1. The average Bonchev–Trinajstić information content (AvgIpc) is 3.05. The highest BCUT2D eigenvalue weighted by atomic mass is 16.2. The van der Waals surface area contributed by atoms with Crippen molar-refractivity contribution in [1.82, 2.24) is 14.9 Å². The van der Waals surface area contributed by atoms with Crippen LogP contribution in [0.5, 0.6) is 0 Å². The minimum Gasteiger partial charge on any atom is -0.368 e. The van der Waals surface area contributed by atoms with Crippen LogP contribution < -0.4 is 5.73 Å². The number of nitrogens with two attached hydrogens (primary N) is 1. The Hall–Kier alpha value is -3.21. The molecule has 124 valence electrons. The quantitative estimate of drug-likeness (QED) is 0.783. The molecule has 25 heavy (non-hydrogen) atoms. The van der Waals surface area contributed by atoms with Crippen molar-refractivity contribution in [1.29, 1.82) is 0 Å². The van der Waals surface area contributed by atoms with Crippen molar-refractivity contribution >= 4 is 11.9 Å². The topological polar surface area (TPSA) is 72.1 Å². The van der Waals surface area contributed by atoms with Gasteiger partial charge in [-0.15, -0.1) is 0 Å². The normalized spacial score (nSPS) is 12.9. The first kappa shape index (κ1) is 15.3. The zero-order chi connectivity index (χ0) is 17.4. The van der Waals surface area contributed by atoms with Gasteiger partial charge in [0.2, 0.25) is 5.95 Å². The summed E-state index contributed by atoms with van der Waals surface area (Å²) in [4.78, 5) is 22.7. The van der Waals surface area contributed by atoms with Crippen LogP contribution >= 0.6 is 0 Å². The van der Waals surface area contributed by atoms with Crippen LogP contribution in [0.4, 0.5) is 5.95 Å². The number of nitrogen functional groups attached to an aromatic ring is 1. The molecule has 2 heterocycles. The molecule has 4 rings (SSSR count). The molecule has 0 bridgehead atoms. The number of anilines is 1. The summed E-state index contributed by atoms with van der Waals surface area (Å²) in [5.74, 6) is 0.238. The summed E-state index contributed by atoms with van der Waals surface area (Å²) in [6.45, 7) is 3.06. The van der Waals surface area contributed by atoms with Crippen LogP contribution in [-0.4, -0.2) is 20.8 Å². The van der Waals surface area contributed by atoms with Crippen molar-refractivity contribution in [2.24, 2.45) is 0 Å². The largest absolute Gasteiger partial charge is 0.368 e. The fraction of sp³-hybridized carbons (Fsp3) is 0.150. The Kier molecular flexibility index (Phi) is 3.69. The van der Waals surface area contributed by atoms with Gasteiger partial charge in [0.15, 0.2) is 0 Å². The molecular weight excluding hydrogens is 312 g/mol. The second kappa shape index (κ2) is 6.02. The maximum atomic E-state index is 12.7. The van der Waals surface area contributed by atoms with Gasteiger partial charge in [-0.1, -0.05) is 42.0 Å². The summed E-state index contributed by atoms with van der Waals surface area (Å²) in [7, 11) is 0. The van der Waals surface area contributed by atoms with E-state index in [9.17, 15) is 4.79 Å². The van der Waals surface area contributed by atoms with Crippen LogP contribution in [0.3, 0.4) is 0 Å². The molecule has 0 radical (unpaired) electrons. The predicted octanol–water partition coefficient (Wildman–Crippen LogP) is 3.19. The molecule has 2 N–H and O–H groups in total. The molecule has 1 aliphatic rings. The van der Waals surface area contributed by atoms with Crippen LogP contribution in [0.25, 0.3) is 11.1 Å². The van der Waals surface area contributed by atoms with Crippen molar-refractivity contribution in [2.75, 3.05) is 5.73 Å². The molecule has 1 aromatic heterocycles. The first-order valence-corrected chi connectivity index (χ1v) is 8.17. The van der Waals surface area contributed by atoms with E-state index < -0.39 is 0 Å². The molecule has 5 nitrogen and oxygen atoms in total. The molecule has 0 saturated heterocycles. The average molecular weight is 330 g/mol. The third-order valence-corrected chi connectivity index (χ3v) is 4.48. The molecule has 0 unspecified atom stereocenters. The molecule has 0 atom stereocenters. The smallest absolute Gasteiger partial charge is 0.254 e. The van der Waals surface area contributed by atoms with E-state index in [1.165, 1.54) is 5.56 Å². The summed E-state index contributed by atoms with van der Waals surface area (Å²) in [5, 5.41) is 0. The zero-order valence-electron chi connectivity index (χ0n) is 13.9. The van der Waals surface area contributed by atoms with Gasteiger partial charge in [0.1, 0.15) is 0 Å². The monoisotopic (exact) mass is 330 g/mol. The van der Waals surface area contributed by atoms with Crippen LogP contribution in [-0.2, 0) is 13.1 Å². The molecule has 0 fully saturated rings. The standard InChI is InChI=1S/C20H18N4O/c1-13-2-4-14(5-3-13)15-6-8-16(9-7-15)19(25)24-11-17-10-22-20(21)23-18(17)12-24/h2-10H,11-12H2,1H3,(H2,21,22,23).